The molecule has 21 heavy (non-hydrogen) atoms. The second-order valence-corrected chi connectivity index (χ2v) is 5.33. The number of rotatable bonds is 4. The van der Waals surface area contributed by atoms with E-state index in [1.807, 2.05) is 6.92 Å². The minimum Gasteiger partial charge on any atom is -0.494 e. The monoisotopic (exact) mass is 331 g/mol. The maximum atomic E-state index is 13.4. The molecule has 0 fully saturated rings. The van der Waals surface area contributed by atoms with Crippen molar-refractivity contribution >= 4 is 28.9 Å². The highest BCUT2D eigenvalue weighted by Crippen LogP contribution is 2.30. The molecule has 2 nitrogen and oxygen atoms in total. The second-order valence-electron chi connectivity index (χ2n) is 4.51. The fraction of sp³-hybridized carbons (Fsp3) is 0.200. The van der Waals surface area contributed by atoms with Crippen LogP contribution < -0.4 is 10.1 Å². The molecule has 6 heteroatoms. The molecule has 0 heterocycles. The smallest absolute Gasteiger partial charge is 0.165 e. The summed E-state index contributed by atoms with van der Waals surface area (Å²) in [6, 6.07) is 7.29. The average Bonchev–Trinajstić information content (AvgIpc) is 2.45. The molecule has 0 radical (unpaired) electrons. The third kappa shape index (κ3) is 3.57. The molecule has 1 N–H and O–H groups in total. The zero-order chi connectivity index (χ0) is 15.6. The number of hydrogen-bond donors (Lipinski definition) is 1. The zero-order valence-electron chi connectivity index (χ0n) is 11.4. The molecule has 0 amide bonds. The van der Waals surface area contributed by atoms with Crippen LogP contribution in [0.4, 0.5) is 14.5 Å². The minimum absolute atomic E-state index is 0.0612. The molecule has 112 valence electrons. The fourth-order valence-electron chi connectivity index (χ4n) is 1.92. The van der Waals surface area contributed by atoms with Gasteiger partial charge in [0.2, 0.25) is 0 Å². The quantitative estimate of drug-likeness (QED) is 0.752. The summed E-state index contributed by atoms with van der Waals surface area (Å²) >= 11 is 11.5. The highest BCUT2D eigenvalue weighted by Gasteiger charge is 2.12. The molecule has 2 rings (SSSR count). The third-order valence-corrected chi connectivity index (χ3v) is 3.59. The molecule has 2 aromatic carbocycles. The van der Waals surface area contributed by atoms with E-state index in [-0.39, 0.29) is 21.8 Å². The third-order valence-electron chi connectivity index (χ3n) is 3.04. The lowest BCUT2D eigenvalue weighted by atomic mass is 10.1. The van der Waals surface area contributed by atoms with Crippen LogP contribution in [0.25, 0.3) is 0 Å². The summed E-state index contributed by atoms with van der Waals surface area (Å²) in [5, 5.41) is 3.00. The Bertz CT molecular complexity index is 641. The van der Waals surface area contributed by atoms with Gasteiger partial charge in [0.05, 0.1) is 17.2 Å². The van der Waals surface area contributed by atoms with Crippen LogP contribution in [-0.2, 0) is 0 Å². The lowest BCUT2D eigenvalue weighted by molar-refractivity contribution is 0.385. The number of nitrogens with one attached hydrogen (secondary N) is 1. The van der Waals surface area contributed by atoms with Gasteiger partial charge < -0.3 is 10.1 Å². The fourth-order valence-corrected chi connectivity index (χ4v) is 2.40. The lowest BCUT2D eigenvalue weighted by Gasteiger charge is -2.17. The van der Waals surface area contributed by atoms with Gasteiger partial charge >= 0.3 is 0 Å². The van der Waals surface area contributed by atoms with Gasteiger partial charge in [-0.05, 0) is 36.8 Å². The summed E-state index contributed by atoms with van der Waals surface area (Å²) in [4.78, 5) is 0. The summed E-state index contributed by atoms with van der Waals surface area (Å²) in [7, 11) is 1.40. The highest BCUT2D eigenvalue weighted by atomic mass is 35.5. The maximum Gasteiger partial charge on any atom is 0.165 e. The normalized spacial score (nSPS) is 12.1. The standard InChI is InChI=1S/C15H13Cl2F2NO/c1-8(9-3-4-13(18)14(5-9)21-2)20-10-6-11(16)15(19)12(17)7-10/h3-8,20H,1-2H3. The Kier molecular flexibility index (Phi) is 4.91. The first-order chi connectivity index (χ1) is 9.92. The molecule has 0 aromatic heterocycles. The first kappa shape index (κ1) is 15.9. The van der Waals surface area contributed by atoms with E-state index >= 15 is 0 Å². The number of benzene rings is 2. The number of anilines is 1. The Morgan fingerprint density at radius 2 is 1.71 bits per heavy atom. The molecule has 0 aliphatic heterocycles. The largest absolute Gasteiger partial charge is 0.494 e. The predicted octanol–water partition coefficient (Wildman–Crippen LogP) is 5.45. The molecule has 0 bridgehead atoms. The maximum absolute atomic E-state index is 13.4. The van der Waals surface area contributed by atoms with Crippen molar-refractivity contribution in [2.24, 2.45) is 0 Å². The lowest BCUT2D eigenvalue weighted by Crippen LogP contribution is -2.07. The number of methoxy groups -OCH3 is 1. The van der Waals surface area contributed by atoms with Crippen molar-refractivity contribution < 1.29 is 13.5 Å². The molecule has 0 saturated heterocycles. The van der Waals surface area contributed by atoms with Crippen molar-refractivity contribution in [3.05, 3.63) is 57.6 Å². The van der Waals surface area contributed by atoms with Crippen LogP contribution in [0, 0.1) is 11.6 Å². The van der Waals surface area contributed by atoms with Crippen LogP contribution in [0.5, 0.6) is 5.75 Å². The minimum atomic E-state index is -0.653. The van der Waals surface area contributed by atoms with E-state index in [0.29, 0.717) is 5.69 Å². The summed E-state index contributed by atoms with van der Waals surface area (Å²) in [6.07, 6.45) is 0. The average molecular weight is 332 g/mol. The zero-order valence-corrected chi connectivity index (χ0v) is 12.9. The van der Waals surface area contributed by atoms with Crippen LogP contribution in [-0.4, -0.2) is 7.11 Å². The molecular weight excluding hydrogens is 319 g/mol. The topological polar surface area (TPSA) is 21.3 Å². The summed E-state index contributed by atoms with van der Waals surface area (Å²) in [5.74, 6) is -0.919. The van der Waals surface area contributed by atoms with E-state index in [0.717, 1.165) is 5.56 Å². The van der Waals surface area contributed by atoms with E-state index in [4.69, 9.17) is 27.9 Å². The summed E-state index contributed by atoms with van der Waals surface area (Å²) in [6.45, 7) is 1.87. The number of hydrogen-bond acceptors (Lipinski definition) is 2. The van der Waals surface area contributed by atoms with Crippen molar-refractivity contribution in [3.8, 4) is 5.75 Å². The van der Waals surface area contributed by atoms with Crippen LogP contribution >= 0.6 is 23.2 Å². The second kappa shape index (κ2) is 6.50. The van der Waals surface area contributed by atoms with Gasteiger partial charge in [0.1, 0.15) is 0 Å². The molecular formula is C15H13Cl2F2NO. The van der Waals surface area contributed by atoms with Crippen LogP contribution in [0.15, 0.2) is 30.3 Å². The number of halogens is 4. The SMILES string of the molecule is COc1cc(C(C)Nc2cc(Cl)c(F)c(Cl)c2)ccc1F. The molecule has 0 saturated carbocycles. The van der Waals surface area contributed by atoms with Crippen molar-refractivity contribution in [1.82, 2.24) is 0 Å². The van der Waals surface area contributed by atoms with Crippen molar-refractivity contribution in [3.63, 3.8) is 0 Å². The van der Waals surface area contributed by atoms with Crippen molar-refractivity contribution in [1.29, 1.82) is 0 Å². The van der Waals surface area contributed by atoms with E-state index in [1.54, 1.807) is 12.1 Å². The van der Waals surface area contributed by atoms with Gasteiger partial charge in [0, 0.05) is 11.7 Å². The molecule has 1 unspecified atom stereocenters. The van der Waals surface area contributed by atoms with Crippen molar-refractivity contribution in [2.75, 3.05) is 12.4 Å². The molecule has 0 aliphatic carbocycles. The number of ether oxygens (including phenoxy) is 1. The highest BCUT2D eigenvalue weighted by molar-refractivity contribution is 6.35. The Labute approximate surface area is 131 Å². The van der Waals surface area contributed by atoms with Gasteiger partial charge in [-0.3, -0.25) is 0 Å². The van der Waals surface area contributed by atoms with Crippen LogP contribution in [0.2, 0.25) is 10.0 Å². The Morgan fingerprint density at radius 3 is 2.29 bits per heavy atom. The molecule has 0 spiro atoms. The first-order valence-corrected chi connectivity index (χ1v) is 6.92. The predicted molar refractivity (Wildman–Crippen MR) is 81.4 cm³/mol. The molecule has 0 aliphatic rings. The van der Waals surface area contributed by atoms with Gasteiger partial charge in [-0.25, -0.2) is 8.78 Å². The molecule has 1 atom stereocenters. The Hall–Kier alpha value is -1.52. The van der Waals surface area contributed by atoms with Gasteiger partial charge in [-0.15, -0.1) is 0 Å². The summed E-state index contributed by atoms with van der Waals surface area (Å²) < 4.78 is 31.7. The Balaban J connectivity index is 2.23. The first-order valence-electron chi connectivity index (χ1n) is 6.17. The summed E-state index contributed by atoms with van der Waals surface area (Å²) in [5.41, 5.74) is 1.38. The Morgan fingerprint density at radius 1 is 1.10 bits per heavy atom. The van der Waals surface area contributed by atoms with Gasteiger partial charge in [0.15, 0.2) is 17.4 Å². The van der Waals surface area contributed by atoms with E-state index in [2.05, 4.69) is 5.32 Å². The van der Waals surface area contributed by atoms with Gasteiger partial charge in [0.25, 0.3) is 0 Å². The van der Waals surface area contributed by atoms with E-state index in [1.165, 1.54) is 25.3 Å². The van der Waals surface area contributed by atoms with Crippen molar-refractivity contribution in [2.45, 2.75) is 13.0 Å². The van der Waals surface area contributed by atoms with Gasteiger partial charge in [-0.2, -0.15) is 0 Å². The van der Waals surface area contributed by atoms with E-state index < -0.39 is 11.6 Å². The van der Waals surface area contributed by atoms with E-state index in [9.17, 15) is 8.78 Å². The van der Waals surface area contributed by atoms with Crippen LogP contribution in [0.3, 0.4) is 0 Å². The molecule has 2 aromatic rings. The van der Waals surface area contributed by atoms with Gasteiger partial charge in [-0.1, -0.05) is 29.3 Å². The van der Waals surface area contributed by atoms with Crippen LogP contribution in [0.1, 0.15) is 18.5 Å².